The van der Waals surface area contributed by atoms with Gasteiger partial charge in [-0.05, 0) is 25.8 Å². The number of sulfonamides is 1. The molecule has 2 fully saturated rings. The third-order valence-electron chi connectivity index (χ3n) is 5.04. The van der Waals surface area contributed by atoms with Gasteiger partial charge in [0.1, 0.15) is 11.7 Å². The maximum absolute atomic E-state index is 12.8. The number of hydrogen-bond donors (Lipinski definition) is 2. The lowest BCUT2D eigenvalue weighted by molar-refractivity contribution is -0.125. The molecule has 150 valence electrons. The molecular weight excluding hydrogens is 374 g/mol. The Morgan fingerprint density at radius 3 is 2.78 bits per heavy atom. The lowest BCUT2D eigenvalue weighted by Crippen LogP contribution is -2.58. The van der Waals surface area contributed by atoms with E-state index in [1.165, 1.54) is 15.2 Å². The number of nitrogens with one attached hydrogen (secondary N) is 2. The zero-order chi connectivity index (χ0) is 19.7. The molecule has 11 heteroatoms. The largest absolute Gasteiger partial charge is 0.381 e. The molecule has 3 heterocycles. The van der Waals surface area contributed by atoms with Crippen molar-refractivity contribution >= 4 is 21.8 Å². The van der Waals surface area contributed by atoms with E-state index in [9.17, 15) is 18.0 Å². The Bertz CT molecular complexity index is 815. The van der Waals surface area contributed by atoms with Gasteiger partial charge in [0.25, 0.3) is 5.91 Å². The molecule has 27 heavy (non-hydrogen) atoms. The predicted molar refractivity (Wildman–Crippen MR) is 96.5 cm³/mol. The first kappa shape index (κ1) is 19.8. The minimum atomic E-state index is -3.55. The Labute approximate surface area is 158 Å². The zero-order valence-corrected chi connectivity index (χ0v) is 16.3. The normalized spacial score (nSPS) is 23.6. The number of carbonyl (C=O) groups excluding carboxylic acids is 2. The van der Waals surface area contributed by atoms with Gasteiger partial charge in [-0.15, -0.1) is 0 Å². The van der Waals surface area contributed by atoms with Gasteiger partial charge in [-0.2, -0.15) is 9.40 Å². The van der Waals surface area contributed by atoms with Crippen LogP contribution in [0.25, 0.3) is 0 Å². The summed E-state index contributed by atoms with van der Waals surface area (Å²) in [5.74, 6) is -0.857. The molecule has 0 saturated carbocycles. The van der Waals surface area contributed by atoms with Gasteiger partial charge in [-0.25, -0.2) is 8.42 Å². The first-order valence-electron chi connectivity index (χ1n) is 8.92. The van der Waals surface area contributed by atoms with Crippen LogP contribution >= 0.6 is 0 Å². The molecule has 0 aliphatic carbocycles. The minimum absolute atomic E-state index is 0.112. The molecule has 1 unspecified atom stereocenters. The molecule has 2 amide bonds. The van der Waals surface area contributed by atoms with Gasteiger partial charge in [0, 0.05) is 39.0 Å². The van der Waals surface area contributed by atoms with Crippen molar-refractivity contribution in [1.82, 2.24) is 24.7 Å². The van der Waals surface area contributed by atoms with Gasteiger partial charge in [-0.1, -0.05) is 0 Å². The molecule has 0 aromatic carbocycles. The Kier molecular flexibility index (Phi) is 5.54. The van der Waals surface area contributed by atoms with Crippen molar-refractivity contribution in [1.29, 1.82) is 0 Å². The van der Waals surface area contributed by atoms with E-state index in [0.29, 0.717) is 38.3 Å². The Balaban J connectivity index is 1.84. The average molecular weight is 399 g/mol. The van der Waals surface area contributed by atoms with E-state index in [1.54, 1.807) is 6.07 Å². The molecule has 1 spiro atoms. The third-order valence-corrected chi connectivity index (χ3v) is 6.26. The highest BCUT2D eigenvalue weighted by Gasteiger charge is 2.44. The number of carbonyl (C=O) groups is 2. The fourth-order valence-electron chi connectivity index (χ4n) is 3.50. The van der Waals surface area contributed by atoms with E-state index in [2.05, 4.69) is 15.7 Å². The number of rotatable bonds is 4. The lowest BCUT2D eigenvalue weighted by Gasteiger charge is -2.38. The topological polar surface area (TPSA) is 123 Å². The van der Waals surface area contributed by atoms with Crippen LogP contribution in [-0.2, 0) is 26.1 Å². The average Bonchev–Trinajstić information content (AvgIpc) is 3.04. The molecule has 2 N–H and O–H groups in total. The zero-order valence-electron chi connectivity index (χ0n) is 15.5. The first-order chi connectivity index (χ1) is 12.7. The van der Waals surface area contributed by atoms with Gasteiger partial charge < -0.3 is 15.4 Å². The number of aryl methyl sites for hydroxylation is 1. The maximum Gasteiger partial charge on any atom is 0.270 e. The predicted octanol–water partition coefficient (Wildman–Crippen LogP) is -1.06. The standard InChI is InChI=1S/C16H25N5O5S/c1-3-21-13(4-7-17-21)15(23)18-12-10-20(27(2,24)25)11-16(19-14(12)22)5-8-26-9-6-16/h4,7,12H,3,5-6,8-11H2,1-2H3,(H,18,23)(H,19,22). The number of aromatic nitrogens is 2. The van der Waals surface area contributed by atoms with Gasteiger partial charge in [0.05, 0.1) is 11.8 Å². The molecule has 0 radical (unpaired) electrons. The van der Waals surface area contributed by atoms with Crippen LogP contribution in [0.1, 0.15) is 30.3 Å². The molecule has 1 atom stereocenters. The molecule has 1 aromatic rings. The highest BCUT2D eigenvalue weighted by molar-refractivity contribution is 7.88. The van der Waals surface area contributed by atoms with Crippen LogP contribution < -0.4 is 10.6 Å². The maximum atomic E-state index is 12.8. The van der Waals surface area contributed by atoms with E-state index in [0.717, 1.165) is 6.26 Å². The highest BCUT2D eigenvalue weighted by Crippen LogP contribution is 2.25. The minimum Gasteiger partial charge on any atom is -0.381 e. The van der Waals surface area contributed by atoms with Gasteiger partial charge in [0.15, 0.2) is 0 Å². The molecule has 1 aromatic heterocycles. The van der Waals surface area contributed by atoms with Crippen molar-refractivity contribution in [3.8, 4) is 0 Å². The Morgan fingerprint density at radius 2 is 2.15 bits per heavy atom. The van der Waals surface area contributed by atoms with Crippen LogP contribution in [0.15, 0.2) is 12.3 Å². The van der Waals surface area contributed by atoms with Crippen LogP contribution in [0.2, 0.25) is 0 Å². The van der Waals surface area contributed by atoms with Gasteiger partial charge in [0.2, 0.25) is 15.9 Å². The molecule has 2 aliphatic rings. The summed E-state index contributed by atoms with van der Waals surface area (Å²) in [7, 11) is -3.55. The van der Waals surface area contributed by atoms with Crippen LogP contribution in [0.5, 0.6) is 0 Å². The number of amides is 2. The smallest absolute Gasteiger partial charge is 0.270 e. The molecule has 10 nitrogen and oxygen atoms in total. The second-order valence-corrected chi connectivity index (χ2v) is 8.98. The van der Waals surface area contributed by atoms with Crippen LogP contribution in [0.4, 0.5) is 0 Å². The summed E-state index contributed by atoms with van der Waals surface area (Å²) in [6.45, 7) is 3.31. The number of nitrogens with zero attached hydrogens (tertiary/aromatic N) is 3. The number of hydrogen-bond acceptors (Lipinski definition) is 6. The van der Waals surface area contributed by atoms with Crippen molar-refractivity contribution in [3.63, 3.8) is 0 Å². The molecule has 2 aliphatic heterocycles. The highest BCUT2D eigenvalue weighted by atomic mass is 32.2. The van der Waals surface area contributed by atoms with Crippen LogP contribution in [0.3, 0.4) is 0 Å². The molecular formula is C16H25N5O5S. The van der Waals surface area contributed by atoms with E-state index in [4.69, 9.17) is 4.74 Å². The number of ether oxygens (including phenoxy) is 1. The molecule has 0 bridgehead atoms. The lowest BCUT2D eigenvalue weighted by atomic mass is 9.90. The Morgan fingerprint density at radius 1 is 1.44 bits per heavy atom. The third kappa shape index (κ3) is 4.30. The summed E-state index contributed by atoms with van der Waals surface area (Å²) in [6.07, 6.45) is 3.66. The molecule has 2 saturated heterocycles. The van der Waals surface area contributed by atoms with E-state index in [-0.39, 0.29) is 19.0 Å². The van der Waals surface area contributed by atoms with E-state index in [1.807, 2.05) is 6.92 Å². The van der Waals surface area contributed by atoms with Crippen molar-refractivity contribution < 1.29 is 22.7 Å². The summed E-state index contributed by atoms with van der Waals surface area (Å²) < 4.78 is 32.7. The second kappa shape index (κ2) is 7.56. The summed E-state index contributed by atoms with van der Waals surface area (Å²) in [6, 6.07) is 0.566. The van der Waals surface area contributed by atoms with Crippen LogP contribution in [-0.4, -0.2) is 78.5 Å². The monoisotopic (exact) mass is 399 g/mol. The fraction of sp³-hybridized carbons (Fsp3) is 0.688. The van der Waals surface area contributed by atoms with Gasteiger partial charge in [-0.3, -0.25) is 14.3 Å². The Hall–Kier alpha value is -1.98. The van der Waals surface area contributed by atoms with Crippen molar-refractivity contribution in [2.45, 2.75) is 37.9 Å². The SMILES string of the molecule is CCn1nccc1C(=O)NC1CN(S(C)(=O)=O)CC2(CCOCC2)NC1=O. The van der Waals surface area contributed by atoms with Crippen molar-refractivity contribution in [3.05, 3.63) is 18.0 Å². The summed E-state index contributed by atoms with van der Waals surface area (Å²) in [4.78, 5) is 25.4. The van der Waals surface area contributed by atoms with Crippen molar-refractivity contribution in [2.24, 2.45) is 0 Å². The first-order valence-corrected chi connectivity index (χ1v) is 10.8. The van der Waals surface area contributed by atoms with E-state index >= 15 is 0 Å². The summed E-state index contributed by atoms with van der Waals surface area (Å²) >= 11 is 0. The van der Waals surface area contributed by atoms with Crippen LogP contribution in [0, 0.1) is 0 Å². The quantitative estimate of drug-likeness (QED) is 0.666. The molecule has 3 rings (SSSR count). The summed E-state index contributed by atoms with van der Waals surface area (Å²) in [5.41, 5.74) is -0.357. The van der Waals surface area contributed by atoms with Gasteiger partial charge >= 0.3 is 0 Å². The second-order valence-electron chi connectivity index (χ2n) is 7.00. The van der Waals surface area contributed by atoms with Crippen molar-refractivity contribution in [2.75, 3.05) is 32.6 Å². The van der Waals surface area contributed by atoms with E-state index < -0.39 is 27.5 Å². The summed E-state index contributed by atoms with van der Waals surface area (Å²) in [5, 5.41) is 9.67. The fourth-order valence-corrected chi connectivity index (χ4v) is 4.40.